The molecular weight excluding hydrogens is 416 g/mol. The molecule has 0 atom stereocenters. The number of sulfonamides is 1. The third-order valence-electron chi connectivity index (χ3n) is 4.12. The molecule has 136 valence electrons. The number of rotatable bonds is 6. The first-order valence-corrected chi connectivity index (χ1v) is 10.5. The molecule has 0 radical (unpaired) electrons. The standard InChI is InChI=1S/C18H19BrN4O2S/c1-3-13-5-7-16(9-14(13)4-2)26(24,25)22-17-10-15(19)6-8-18(17)23-12-20-11-21-23/h5-12,22H,3-4H2,1-2H3. The molecule has 2 aromatic carbocycles. The summed E-state index contributed by atoms with van der Waals surface area (Å²) in [6.45, 7) is 4.09. The molecule has 0 saturated carbocycles. The van der Waals surface area contributed by atoms with Crippen LogP contribution in [0.1, 0.15) is 25.0 Å². The average Bonchev–Trinajstić information content (AvgIpc) is 3.15. The number of nitrogens with one attached hydrogen (secondary N) is 1. The summed E-state index contributed by atoms with van der Waals surface area (Å²) in [6, 6.07) is 10.6. The predicted molar refractivity (Wildman–Crippen MR) is 105 cm³/mol. The number of aryl methyl sites for hydroxylation is 2. The minimum atomic E-state index is -3.73. The first-order chi connectivity index (χ1) is 12.4. The molecular formula is C18H19BrN4O2S. The van der Waals surface area contributed by atoms with Crippen molar-refractivity contribution in [2.45, 2.75) is 31.6 Å². The predicted octanol–water partition coefficient (Wildman–Crippen LogP) is 3.96. The van der Waals surface area contributed by atoms with Crippen LogP contribution in [0.3, 0.4) is 0 Å². The molecule has 0 fully saturated rings. The topological polar surface area (TPSA) is 76.9 Å². The van der Waals surface area contributed by atoms with E-state index >= 15 is 0 Å². The molecule has 1 aromatic heterocycles. The largest absolute Gasteiger partial charge is 0.277 e. The highest BCUT2D eigenvalue weighted by Gasteiger charge is 2.18. The third-order valence-corrected chi connectivity index (χ3v) is 5.97. The lowest BCUT2D eigenvalue weighted by Gasteiger charge is -2.14. The second-order valence-corrected chi connectivity index (χ2v) is 8.34. The number of hydrogen-bond acceptors (Lipinski definition) is 4. The minimum Gasteiger partial charge on any atom is -0.277 e. The number of nitrogens with zero attached hydrogens (tertiary/aromatic N) is 3. The van der Waals surface area contributed by atoms with E-state index in [0.717, 1.165) is 28.4 Å². The molecule has 1 heterocycles. The maximum Gasteiger partial charge on any atom is 0.261 e. The monoisotopic (exact) mass is 434 g/mol. The van der Waals surface area contributed by atoms with Crippen LogP contribution in [0.5, 0.6) is 0 Å². The van der Waals surface area contributed by atoms with E-state index in [9.17, 15) is 8.42 Å². The van der Waals surface area contributed by atoms with Gasteiger partial charge in [-0.15, -0.1) is 0 Å². The quantitative estimate of drug-likeness (QED) is 0.636. The van der Waals surface area contributed by atoms with Crippen molar-refractivity contribution >= 4 is 31.6 Å². The van der Waals surface area contributed by atoms with E-state index in [2.05, 4.69) is 37.7 Å². The molecule has 1 N–H and O–H groups in total. The summed E-state index contributed by atoms with van der Waals surface area (Å²) in [5.74, 6) is 0. The summed E-state index contributed by atoms with van der Waals surface area (Å²) in [7, 11) is -3.73. The Bertz CT molecular complexity index is 1020. The normalized spacial score (nSPS) is 11.5. The van der Waals surface area contributed by atoms with Gasteiger partial charge in [-0.05, 0) is 54.3 Å². The Kier molecular flexibility index (Phi) is 5.43. The summed E-state index contributed by atoms with van der Waals surface area (Å²) < 4.78 is 30.8. The van der Waals surface area contributed by atoms with E-state index in [1.165, 1.54) is 17.3 Å². The van der Waals surface area contributed by atoms with E-state index in [4.69, 9.17) is 0 Å². The Balaban J connectivity index is 2.02. The average molecular weight is 435 g/mol. The van der Waals surface area contributed by atoms with Gasteiger partial charge in [0.25, 0.3) is 10.0 Å². The molecule has 26 heavy (non-hydrogen) atoms. The van der Waals surface area contributed by atoms with E-state index in [0.29, 0.717) is 11.4 Å². The van der Waals surface area contributed by atoms with Crippen molar-refractivity contribution < 1.29 is 8.42 Å². The molecule has 0 aliphatic rings. The van der Waals surface area contributed by atoms with Crippen molar-refractivity contribution in [3.8, 4) is 5.69 Å². The van der Waals surface area contributed by atoms with Crippen molar-refractivity contribution in [3.05, 3.63) is 64.7 Å². The van der Waals surface area contributed by atoms with Gasteiger partial charge in [0.05, 0.1) is 16.3 Å². The van der Waals surface area contributed by atoms with E-state index in [1.54, 1.807) is 24.3 Å². The maximum absolute atomic E-state index is 12.9. The smallest absolute Gasteiger partial charge is 0.261 e. The fourth-order valence-electron chi connectivity index (χ4n) is 2.77. The van der Waals surface area contributed by atoms with Gasteiger partial charge in [0.15, 0.2) is 0 Å². The molecule has 3 rings (SSSR count). The second kappa shape index (κ2) is 7.59. The fourth-order valence-corrected chi connectivity index (χ4v) is 4.25. The van der Waals surface area contributed by atoms with Crippen LogP contribution in [0.4, 0.5) is 5.69 Å². The molecule has 0 aliphatic carbocycles. The van der Waals surface area contributed by atoms with Crippen LogP contribution in [-0.2, 0) is 22.9 Å². The van der Waals surface area contributed by atoms with Crippen molar-refractivity contribution in [1.29, 1.82) is 0 Å². The van der Waals surface area contributed by atoms with Crippen LogP contribution < -0.4 is 4.72 Å². The summed E-state index contributed by atoms with van der Waals surface area (Å²) >= 11 is 3.38. The van der Waals surface area contributed by atoms with Gasteiger partial charge in [-0.25, -0.2) is 18.1 Å². The van der Waals surface area contributed by atoms with E-state index < -0.39 is 10.0 Å². The maximum atomic E-state index is 12.9. The highest BCUT2D eigenvalue weighted by molar-refractivity contribution is 9.10. The van der Waals surface area contributed by atoms with Crippen molar-refractivity contribution in [2.75, 3.05) is 4.72 Å². The Hall–Kier alpha value is -2.19. The number of aromatic nitrogens is 3. The Morgan fingerprint density at radius 1 is 1.08 bits per heavy atom. The van der Waals surface area contributed by atoms with Crippen LogP contribution >= 0.6 is 15.9 Å². The van der Waals surface area contributed by atoms with Gasteiger partial charge in [0.2, 0.25) is 0 Å². The molecule has 0 amide bonds. The molecule has 0 saturated heterocycles. The molecule has 0 aliphatic heterocycles. The molecule has 3 aromatic rings. The van der Waals surface area contributed by atoms with Gasteiger partial charge in [-0.2, -0.15) is 5.10 Å². The van der Waals surface area contributed by atoms with Crippen LogP contribution in [0.15, 0.2) is 58.4 Å². The molecule has 0 bridgehead atoms. The SMILES string of the molecule is CCc1ccc(S(=O)(=O)Nc2cc(Br)ccc2-n2cncn2)cc1CC. The summed E-state index contributed by atoms with van der Waals surface area (Å²) in [6.07, 6.45) is 4.58. The van der Waals surface area contributed by atoms with Crippen molar-refractivity contribution in [1.82, 2.24) is 14.8 Å². The van der Waals surface area contributed by atoms with Crippen molar-refractivity contribution in [3.63, 3.8) is 0 Å². The summed E-state index contributed by atoms with van der Waals surface area (Å²) in [5, 5.41) is 4.09. The fraction of sp³-hybridized carbons (Fsp3) is 0.222. The van der Waals surface area contributed by atoms with Gasteiger partial charge in [0.1, 0.15) is 12.7 Å². The molecule has 6 nitrogen and oxygen atoms in total. The number of anilines is 1. The first-order valence-electron chi connectivity index (χ1n) is 8.23. The van der Waals surface area contributed by atoms with Crippen molar-refractivity contribution in [2.24, 2.45) is 0 Å². The third kappa shape index (κ3) is 3.81. The summed E-state index contributed by atoms with van der Waals surface area (Å²) in [4.78, 5) is 4.17. The summed E-state index contributed by atoms with van der Waals surface area (Å²) in [5.41, 5.74) is 3.22. The lowest BCUT2D eigenvalue weighted by Crippen LogP contribution is -2.15. The van der Waals surface area contributed by atoms with Gasteiger partial charge in [0, 0.05) is 4.47 Å². The van der Waals surface area contributed by atoms with Gasteiger partial charge < -0.3 is 0 Å². The molecule has 8 heteroatoms. The lowest BCUT2D eigenvalue weighted by molar-refractivity contribution is 0.601. The van der Waals surface area contributed by atoms with Crippen LogP contribution in [-0.4, -0.2) is 23.2 Å². The molecule has 0 unspecified atom stereocenters. The Morgan fingerprint density at radius 2 is 1.85 bits per heavy atom. The van der Waals surface area contributed by atoms with E-state index in [1.807, 2.05) is 19.1 Å². The van der Waals surface area contributed by atoms with Gasteiger partial charge in [-0.1, -0.05) is 35.8 Å². The second-order valence-electron chi connectivity index (χ2n) is 5.74. The zero-order valence-corrected chi connectivity index (χ0v) is 16.9. The van der Waals surface area contributed by atoms with E-state index in [-0.39, 0.29) is 4.90 Å². The van der Waals surface area contributed by atoms with Gasteiger partial charge >= 0.3 is 0 Å². The number of halogens is 1. The Morgan fingerprint density at radius 3 is 2.50 bits per heavy atom. The lowest BCUT2D eigenvalue weighted by atomic mass is 10.0. The van der Waals surface area contributed by atoms with Crippen LogP contribution in [0.2, 0.25) is 0 Å². The van der Waals surface area contributed by atoms with Crippen LogP contribution in [0, 0.1) is 0 Å². The first kappa shape index (κ1) is 18.6. The highest BCUT2D eigenvalue weighted by atomic mass is 79.9. The zero-order valence-electron chi connectivity index (χ0n) is 14.5. The molecule has 0 spiro atoms. The van der Waals surface area contributed by atoms with Crippen LogP contribution in [0.25, 0.3) is 5.69 Å². The number of benzene rings is 2. The number of hydrogen-bond donors (Lipinski definition) is 1. The van der Waals surface area contributed by atoms with Gasteiger partial charge in [-0.3, -0.25) is 4.72 Å². The highest BCUT2D eigenvalue weighted by Crippen LogP contribution is 2.27. The zero-order chi connectivity index (χ0) is 18.7. The Labute approximate surface area is 161 Å². The minimum absolute atomic E-state index is 0.246.